The maximum absolute atomic E-state index is 10.1. The second kappa shape index (κ2) is 2.69. The molecule has 1 aromatic rings. The van der Waals surface area contributed by atoms with Crippen molar-refractivity contribution in [3.05, 3.63) is 27.8 Å². The minimum Gasteiger partial charge on any atom is -0.330 e. The molecule has 5 heteroatoms. The fourth-order valence-corrected chi connectivity index (χ4v) is 0.828. The van der Waals surface area contributed by atoms with Crippen molar-refractivity contribution in [2.75, 3.05) is 0 Å². The fraction of sp³-hybridized carbons (Fsp3) is 0.500. The lowest BCUT2D eigenvalue weighted by Crippen LogP contribution is -2.04. The summed E-state index contributed by atoms with van der Waals surface area (Å²) in [6, 6.07) is 0. The lowest BCUT2D eigenvalue weighted by Gasteiger charge is -1.97. The van der Waals surface area contributed by atoms with E-state index in [-0.39, 0.29) is 11.5 Å². The molecule has 0 bridgehead atoms. The average molecular weight is 155 g/mol. The highest BCUT2D eigenvalue weighted by Crippen LogP contribution is 2.01. The van der Waals surface area contributed by atoms with Gasteiger partial charge in [-0.3, -0.25) is 10.1 Å². The third-order valence-corrected chi connectivity index (χ3v) is 1.61. The van der Waals surface area contributed by atoms with Gasteiger partial charge >= 0.3 is 0 Å². The lowest BCUT2D eigenvalue weighted by molar-refractivity contribution is -0.497. The Balaban J connectivity index is 2.87. The molecule has 60 valence electrons. The molecule has 0 unspecified atom stereocenters. The molecule has 0 aliphatic heterocycles. The van der Waals surface area contributed by atoms with Gasteiger partial charge in [0.2, 0.25) is 6.54 Å². The zero-order valence-electron chi connectivity index (χ0n) is 6.44. The SMILES string of the molecule is Cc1ncc(C[N+](=O)[O-])n1C. The van der Waals surface area contributed by atoms with E-state index >= 15 is 0 Å². The van der Waals surface area contributed by atoms with Crippen LogP contribution in [0.4, 0.5) is 0 Å². The summed E-state index contributed by atoms with van der Waals surface area (Å²) in [7, 11) is 1.77. The van der Waals surface area contributed by atoms with Crippen LogP contribution in [0.2, 0.25) is 0 Å². The van der Waals surface area contributed by atoms with Gasteiger partial charge in [0.05, 0.1) is 6.20 Å². The summed E-state index contributed by atoms with van der Waals surface area (Å²) in [6.45, 7) is 1.65. The van der Waals surface area contributed by atoms with Crippen LogP contribution in [0.25, 0.3) is 0 Å². The first-order valence-corrected chi connectivity index (χ1v) is 3.20. The summed E-state index contributed by atoms with van der Waals surface area (Å²) in [5.41, 5.74) is 0.632. The summed E-state index contributed by atoms with van der Waals surface area (Å²) in [4.78, 5) is 13.7. The molecule has 1 aromatic heterocycles. The molecule has 0 aliphatic carbocycles. The van der Waals surface area contributed by atoms with E-state index in [0.717, 1.165) is 5.82 Å². The standard InChI is InChI=1S/C6H9N3O2/c1-5-7-3-6(8(5)2)4-9(10)11/h3H,4H2,1-2H3. The minimum absolute atomic E-state index is 0.155. The van der Waals surface area contributed by atoms with Gasteiger partial charge in [0.25, 0.3) is 0 Å². The number of aromatic nitrogens is 2. The van der Waals surface area contributed by atoms with Crippen LogP contribution in [0.1, 0.15) is 11.5 Å². The predicted molar refractivity (Wildman–Crippen MR) is 38.6 cm³/mol. The van der Waals surface area contributed by atoms with Gasteiger partial charge in [-0.15, -0.1) is 0 Å². The van der Waals surface area contributed by atoms with Crippen molar-refractivity contribution in [3.63, 3.8) is 0 Å². The summed E-state index contributed by atoms with van der Waals surface area (Å²) in [5, 5.41) is 10.1. The van der Waals surface area contributed by atoms with Crippen LogP contribution >= 0.6 is 0 Å². The monoisotopic (exact) mass is 155 g/mol. The first-order valence-electron chi connectivity index (χ1n) is 3.20. The highest BCUT2D eigenvalue weighted by Gasteiger charge is 2.07. The molecule has 0 spiro atoms. The van der Waals surface area contributed by atoms with E-state index in [9.17, 15) is 10.1 Å². The Morgan fingerprint density at radius 1 is 1.82 bits per heavy atom. The molecule has 0 aliphatic rings. The molecule has 0 saturated heterocycles. The minimum atomic E-state index is -0.365. The molecule has 5 nitrogen and oxygen atoms in total. The van der Waals surface area contributed by atoms with Crippen molar-refractivity contribution in [3.8, 4) is 0 Å². The van der Waals surface area contributed by atoms with E-state index in [1.807, 2.05) is 6.92 Å². The number of nitro groups is 1. The second-order valence-corrected chi connectivity index (χ2v) is 2.35. The summed E-state index contributed by atoms with van der Waals surface area (Å²) >= 11 is 0. The molecule has 0 N–H and O–H groups in total. The van der Waals surface area contributed by atoms with Crippen molar-refractivity contribution in [2.45, 2.75) is 13.5 Å². The molecule has 0 saturated carbocycles. The number of hydrogen-bond donors (Lipinski definition) is 0. The Hall–Kier alpha value is -1.39. The number of hydrogen-bond acceptors (Lipinski definition) is 3. The fourth-order valence-electron chi connectivity index (χ4n) is 0.828. The normalized spacial score (nSPS) is 10.0. The molecule has 0 amide bonds. The van der Waals surface area contributed by atoms with E-state index in [0.29, 0.717) is 5.69 Å². The number of imidazole rings is 1. The van der Waals surface area contributed by atoms with Gasteiger partial charge in [0.15, 0.2) is 0 Å². The quantitative estimate of drug-likeness (QED) is 0.461. The van der Waals surface area contributed by atoms with Crippen LogP contribution in [0.5, 0.6) is 0 Å². The van der Waals surface area contributed by atoms with E-state index in [1.165, 1.54) is 6.20 Å². The van der Waals surface area contributed by atoms with Gasteiger partial charge in [0, 0.05) is 12.0 Å². The highest BCUT2D eigenvalue weighted by molar-refractivity contribution is 5.01. The van der Waals surface area contributed by atoms with Gasteiger partial charge in [0.1, 0.15) is 11.5 Å². The molecule has 1 heterocycles. The van der Waals surface area contributed by atoms with E-state index in [2.05, 4.69) is 4.98 Å². The predicted octanol–water partition coefficient (Wildman–Crippen LogP) is 0.505. The molecule has 11 heavy (non-hydrogen) atoms. The molecule has 0 fully saturated rings. The van der Waals surface area contributed by atoms with Crippen LogP contribution in [0, 0.1) is 17.0 Å². The first-order chi connectivity index (χ1) is 5.11. The van der Waals surface area contributed by atoms with Crippen LogP contribution in [-0.4, -0.2) is 14.5 Å². The zero-order chi connectivity index (χ0) is 8.43. The Morgan fingerprint density at radius 2 is 2.45 bits per heavy atom. The molecular weight excluding hydrogens is 146 g/mol. The van der Waals surface area contributed by atoms with Crippen molar-refractivity contribution in [1.82, 2.24) is 9.55 Å². The molecule has 1 rings (SSSR count). The number of aryl methyl sites for hydroxylation is 1. The number of nitrogens with zero attached hydrogens (tertiary/aromatic N) is 3. The van der Waals surface area contributed by atoms with Crippen LogP contribution in [0.15, 0.2) is 6.20 Å². The summed E-state index contributed by atoms with van der Waals surface area (Å²) in [6.07, 6.45) is 1.53. The maximum Gasteiger partial charge on any atom is 0.245 e. The Bertz CT molecular complexity index is 279. The van der Waals surface area contributed by atoms with Gasteiger partial charge in [-0.05, 0) is 6.92 Å². The van der Waals surface area contributed by atoms with E-state index in [1.54, 1.807) is 11.6 Å². The Morgan fingerprint density at radius 3 is 2.82 bits per heavy atom. The van der Waals surface area contributed by atoms with Crippen molar-refractivity contribution < 1.29 is 4.92 Å². The van der Waals surface area contributed by atoms with E-state index in [4.69, 9.17) is 0 Å². The van der Waals surface area contributed by atoms with Gasteiger partial charge in [-0.2, -0.15) is 0 Å². The second-order valence-electron chi connectivity index (χ2n) is 2.35. The Kier molecular flexibility index (Phi) is 1.89. The highest BCUT2D eigenvalue weighted by atomic mass is 16.6. The topological polar surface area (TPSA) is 61.0 Å². The zero-order valence-corrected chi connectivity index (χ0v) is 6.44. The molecule has 0 aromatic carbocycles. The maximum atomic E-state index is 10.1. The van der Waals surface area contributed by atoms with Gasteiger partial charge in [-0.25, -0.2) is 4.98 Å². The summed E-state index contributed by atoms with van der Waals surface area (Å²) < 4.78 is 1.71. The average Bonchev–Trinajstić information content (AvgIpc) is 2.18. The smallest absolute Gasteiger partial charge is 0.245 e. The van der Waals surface area contributed by atoms with Crippen LogP contribution in [0.3, 0.4) is 0 Å². The van der Waals surface area contributed by atoms with Crippen LogP contribution < -0.4 is 0 Å². The third kappa shape index (κ3) is 1.54. The van der Waals surface area contributed by atoms with Crippen LogP contribution in [-0.2, 0) is 13.6 Å². The molecular formula is C6H9N3O2. The summed E-state index contributed by atoms with van der Waals surface area (Å²) in [5.74, 6) is 0.793. The lowest BCUT2D eigenvalue weighted by atomic mass is 10.5. The largest absolute Gasteiger partial charge is 0.330 e. The van der Waals surface area contributed by atoms with Crippen molar-refractivity contribution in [1.29, 1.82) is 0 Å². The molecule has 0 atom stereocenters. The third-order valence-electron chi connectivity index (χ3n) is 1.61. The van der Waals surface area contributed by atoms with Gasteiger partial charge in [-0.1, -0.05) is 0 Å². The molecule has 0 radical (unpaired) electrons. The van der Waals surface area contributed by atoms with E-state index < -0.39 is 0 Å². The van der Waals surface area contributed by atoms with Crippen molar-refractivity contribution in [2.24, 2.45) is 7.05 Å². The Labute approximate surface area is 63.8 Å². The van der Waals surface area contributed by atoms with Crippen molar-refractivity contribution >= 4 is 0 Å². The first kappa shape index (κ1) is 7.71. The number of rotatable bonds is 2. The van der Waals surface area contributed by atoms with Gasteiger partial charge < -0.3 is 4.57 Å².